The molecule has 11 heteroatoms. The van der Waals surface area contributed by atoms with Crippen molar-refractivity contribution in [2.24, 2.45) is 0 Å². The molecule has 0 spiro atoms. The fourth-order valence-electron chi connectivity index (χ4n) is 6.45. The summed E-state index contributed by atoms with van der Waals surface area (Å²) in [7, 11) is 0. The van der Waals surface area contributed by atoms with Crippen molar-refractivity contribution >= 4 is 22.9 Å². The molecule has 2 amide bonds. The van der Waals surface area contributed by atoms with E-state index in [4.69, 9.17) is 9.84 Å². The normalized spacial score (nSPS) is 19.3. The van der Waals surface area contributed by atoms with Gasteiger partial charge in [-0.25, -0.2) is 18.0 Å². The number of para-hydroxylation sites is 1. The number of ether oxygens (including phenoxy) is 1. The van der Waals surface area contributed by atoms with E-state index < -0.39 is 29.4 Å². The Morgan fingerprint density at radius 3 is 2.34 bits per heavy atom. The van der Waals surface area contributed by atoms with E-state index in [0.29, 0.717) is 64.0 Å². The fraction of sp³-hybridized carbons (Fsp3) is 0.515. The van der Waals surface area contributed by atoms with Gasteiger partial charge >= 0.3 is 6.09 Å². The standard InChI is InChI=1S/C33H41F3N4O4/c1-21-17-24-23-9-6-7-10-27(23)37-30(24)31(40(21)20-33(2,3)36)29-25(34)18-22(19-26(29)35)44-16-8-4-5-11-28(41)38-12-14-39(15-13-38)32(42)43/h6-7,9-10,18-19,21,31,37H,4-5,8,11-17,20H2,1-3H3,(H,42,43)/t21-,31-/m1/s1. The average Bonchev–Trinajstić information content (AvgIpc) is 3.33. The Balaban J connectivity index is 1.23. The Bertz CT molecular complexity index is 1470. The molecular weight excluding hydrogens is 573 g/mol. The van der Waals surface area contributed by atoms with Crippen molar-refractivity contribution < 1.29 is 32.6 Å². The van der Waals surface area contributed by atoms with Crippen molar-refractivity contribution in [3.05, 3.63) is 64.9 Å². The van der Waals surface area contributed by atoms with Crippen molar-refractivity contribution in [3.8, 4) is 5.75 Å². The van der Waals surface area contributed by atoms with Crippen LogP contribution in [0.15, 0.2) is 36.4 Å². The molecule has 8 nitrogen and oxygen atoms in total. The molecule has 3 aromatic rings. The van der Waals surface area contributed by atoms with Crippen LogP contribution in [-0.4, -0.2) is 87.8 Å². The maximum absolute atomic E-state index is 15.8. The number of alkyl halides is 1. The minimum absolute atomic E-state index is 0.00367. The molecule has 2 aliphatic rings. The van der Waals surface area contributed by atoms with E-state index >= 15 is 8.78 Å². The van der Waals surface area contributed by atoms with Crippen LogP contribution in [0.5, 0.6) is 5.75 Å². The summed E-state index contributed by atoms with van der Waals surface area (Å²) in [5.74, 6) is -1.43. The van der Waals surface area contributed by atoms with Gasteiger partial charge in [0.25, 0.3) is 0 Å². The Morgan fingerprint density at radius 2 is 1.68 bits per heavy atom. The Kier molecular flexibility index (Phi) is 9.43. The molecule has 5 rings (SSSR count). The molecule has 0 aliphatic carbocycles. The molecule has 2 N–H and O–H groups in total. The van der Waals surface area contributed by atoms with Gasteiger partial charge in [-0.3, -0.25) is 9.69 Å². The number of carbonyl (C=O) groups is 2. The van der Waals surface area contributed by atoms with E-state index in [-0.39, 0.29) is 36.4 Å². The Labute approximate surface area is 255 Å². The highest BCUT2D eigenvalue weighted by Crippen LogP contribution is 2.43. The molecule has 2 aliphatic heterocycles. The number of nitrogens with zero attached hydrogens (tertiary/aromatic N) is 3. The van der Waals surface area contributed by atoms with Gasteiger partial charge in [0, 0.05) is 79.5 Å². The predicted molar refractivity (Wildman–Crippen MR) is 162 cm³/mol. The lowest BCUT2D eigenvalue weighted by atomic mass is 9.87. The van der Waals surface area contributed by atoms with Crippen LogP contribution in [0, 0.1) is 11.6 Å². The summed E-state index contributed by atoms with van der Waals surface area (Å²) in [5, 5.41) is 10.0. The van der Waals surface area contributed by atoms with Crippen LogP contribution < -0.4 is 4.74 Å². The number of H-pyrrole nitrogens is 1. The number of piperazine rings is 1. The maximum Gasteiger partial charge on any atom is 0.407 e. The number of rotatable bonds is 10. The molecule has 1 saturated heterocycles. The highest BCUT2D eigenvalue weighted by atomic mass is 19.1. The van der Waals surface area contributed by atoms with Crippen molar-refractivity contribution in [1.29, 1.82) is 0 Å². The SMILES string of the molecule is C[C@@H]1Cc2c([nH]c3ccccc23)[C@@H](c2c(F)cc(OCCCCCC(=O)N3CCN(C(=O)O)CC3)cc2F)N1CC(C)(C)F. The summed E-state index contributed by atoms with van der Waals surface area (Å²) < 4.78 is 52.3. The molecule has 0 saturated carbocycles. The van der Waals surface area contributed by atoms with Gasteiger partial charge in [0.15, 0.2) is 0 Å². The molecule has 0 radical (unpaired) electrons. The van der Waals surface area contributed by atoms with Crippen LogP contribution in [0.1, 0.15) is 69.3 Å². The van der Waals surface area contributed by atoms with Gasteiger partial charge in [0.05, 0.1) is 12.6 Å². The predicted octanol–water partition coefficient (Wildman–Crippen LogP) is 6.29. The quantitative estimate of drug-likeness (QED) is 0.262. The summed E-state index contributed by atoms with van der Waals surface area (Å²) in [6.45, 7) is 6.57. The second-order valence-electron chi connectivity index (χ2n) is 12.5. The number of nitrogens with one attached hydrogen (secondary N) is 1. The van der Waals surface area contributed by atoms with Crippen LogP contribution >= 0.6 is 0 Å². The lowest BCUT2D eigenvalue weighted by Gasteiger charge is -2.43. The molecule has 3 heterocycles. The molecule has 1 fully saturated rings. The van der Waals surface area contributed by atoms with E-state index in [1.165, 1.54) is 30.9 Å². The topological polar surface area (TPSA) is 89.1 Å². The summed E-state index contributed by atoms with van der Waals surface area (Å²) >= 11 is 0. The Hall–Kier alpha value is -3.73. The average molecular weight is 615 g/mol. The first kappa shape index (κ1) is 31.7. The summed E-state index contributed by atoms with van der Waals surface area (Å²) in [5.41, 5.74) is 0.832. The van der Waals surface area contributed by atoms with Gasteiger partial charge in [-0.15, -0.1) is 0 Å². The van der Waals surface area contributed by atoms with E-state index in [0.717, 1.165) is 16.5 Å². The first-order valence-corrected chi connectivity index (χ1v) is 15.3. The van der Waals surface area contributed by atoms with Gasteiger partial charge in [0.1, 0.15) is 23.1 Å². The maximum atomic E-state index is 15.8. The number of halogens is 3. The Morgan fingerprint density at radius 1 is 1.02 bits per heavy atom. The lowest BCUT2D eigenvalue weighted by Crippen LogP contribution is -2.50. The molecule has 0 bridgehead atoms. The van der Waals surface area contributed by atoms with E-state index in [1.807, 2.05) is 36.1 Å². The van der Waals surface area contributed by atoms with E-state index in [9.17, 15) is 14.0 Å². The van der Waals surface area contributed by atoms with Gasteiger partial charge < -0.3 is 24.6 Å². The monoisotopic (exact) mass is 614 g/mol. The first-order chi connectivity index (χ1) is 20.9. The van der Waals surface area contributed by atoms with Crippen LogP contribution in [0.4, 0.5) is 18.0 Å². The minimum atomic E-state index is -1.58. The summed E-state index contributed by atoms with van der Waals surface area (Å²) in [4.78, 5) is 31.7. The third-order valence-electron chi connectivity index (χ3n) is 8.61. The molecule has 44 heavy (non-hydrogen) atoms. The van der Waals surface area contributed by atoms with Crippen LogP contribution in [0.25, 0.3) is 10.9 Å². The van der Waals surface area contributed by atoms with Crippen LogP contribution in [-0.2, 0) is 11.2 Å². The van der Waals surface area contributed by atoms with Crippen LogP contribution in [0.3, 0.4) is 0 Å². The zero-order valence-corrected chi connectivity index (χ0v) is 25.5. The number of fused-ring (bicyclic) bond motifs is 3. The number of benzene rings is 2. The molecular formula is C33H41F3N4O4. The zero-order chi connectivity index (χ0) is 31.6. The van der Waals surface area contributed by atoms with Crippen molar-refractivity contribution in [2.45, 2.75) is 70.6 Å². The smallest absolute Gasteiger partial charge is 0.407 e. The number of aromatic amines is 1. The molecule has 238 valence electrons. The van der Waals surface area contributed by atoms with Gasteiger partial charge in [-0.05, 0) is 58.1 Å². The zero-order valence-electron chi connectivity index (χ0n) is 25.5. The summed E-state index contributed by atoms with van der Waals surface area (Å²) in [6, 6.07) is 9.15. The second-order valence-corrected chi connectivity index (χ2v) is 12.5. The number of hydrogen-bond donors (Lipinski definition) is 2. The third-order valence-corrected chi connectivity index (χ3v) is 8.61. The largest absolute Gasteiger partial charge is 0.493 e. The molecule has 2 aromatic carbocycles. The molecule has 1 aromatic heterocycles. The van der Waals surface area contributed by atoms with Gasteiger partial charge in [-0.1, -0.05) is 18.2 Å². The molecule has 0 unspecified atom stereocenters. The van der Waals surface area contributed by atoms with E-state index in [1.54, 1.807) is 4.90 Å². The second kappa shape index (κ2) is 13.1. The van der Waals surface area contributed by atoms with Crippen molar-refractivity contribution in [1.82, 2.24) is 19.7 Å². The number of hydrogen-bond acceptors (Lipinski definition) is 4. The molecule has 2 atom stereocenters. The minimum Gasteiger partial charge on any atom is -0.493 e. The number of carboxylic acid groups (broad SMARTS) is 1. The number of aromatic nitrogens is 1. The number of unbranched alkanes of at least 4 members (excludes halogenated alkanes) is 2. The number of carbonyl (C=O) groups excluding carboxylic acids is 1. The highest BCUT2D eigenvalue weighted by molar-refractivity contribution is 5.85. The first-order valence-electron chi connectivity index (χ1n) is 15.3. The lowest BCUT2D eigenvalue weighted by molar-refractivity contribution is -0.132. The van der Waals surface area contributed by atoms with E-state index in [2.05, 4.69) is 4.98 Å². The van der Waals surface area contributed by atoms with Gasteiger partial charge in [-0.2, -0.15) is 0 Å². The van der Waals surface area contributed by atoms with Crippen molar-refractivity contribution in [2.75, 3.05) is 39.3 Å². The third kappa shape index (κ3) is 6.98. The number of amides is 2. The van der Waals surface area contributed by atoms with Gasteiger partial charge in [0.2, 0.25) is 5.91 Å². The highest BCUT2D eigenvalue weighted by Gasteiger charge is 2.41. The van der Waals surface area contributed by atoms with Crippen molar-refractivity contribution in [3.63, 3.8) is 0 Å². The fourth-order valence-corrected chi connectivity index (χ4v) is 6.45. The summed E-state index contributed by atoms with van der Waals surface area (Å²) in [6.07, 6.45) is 1.94. The van der Waals surface area contributed by atoms with Crippen LogP contribution in [0.2, 0.25) is 0 Å².